The molecule has 0 aliphatic rings. The van der Waals surface area contributed by atoms with E-state index in [0.717, 1.165) is 17.1 Å². The summed E-state index contributed by atoms with van der Waals surface area (Å²) in [6.45, 7) is 8.69. The van der Waals surface area contributed by atoms with E-state index in [9.17, 15) is 0 Å². The summed E-state index contributed by atoms with van der Waals surface area (Å²) >= 11 is 0. The van der Waals surface area contributed by atoms with Crippen molar-refractivity contribution in [3.05, 3.63) is 53.6 Å². The minimum absolute atomic E-state index is 0.153. The van der Waals surface area contributed by atoms with E-state index in [0.29, 0.717) is 5.69 Å². The lowest BCUT2D eigenvalue weighted by Gasteiger charge is -2.20. The Balaban J connectivity index is 2.27. The third-order valence-corrected chi connectivity index (χ3v) is 3.13. The van der Waals surface area contributed by atoms with Gasteiger partial charge in [-0.3, -0.25) is 0 Å². The summed E-state index contributed by atoms with van der Waals surface area (Å²) in [5.41, 5.74) is 9.06. The second kappa shape index (κ2) is 4.96. The molecule has 0 unspecified atom stereocenters. The van der Waals surface area contributed by atoms with Crippen LogP contribution in [0.2, 0.25) is 0 Å². The minimum atomic E-state index is 0.153. The highest BCUT2D eigenvalue weighted by Crippen LogP contribution is 2.30. The number of rotatable bonds is 2. The van der Waals surface area contributed by atoms with Gasteiger partial charge in [0.15, 0.2) is 0 Å². The van der Waals surface area contributed by atoms with Crippen LogP contribution in [0.25, 0.3) is 0 Å². The van der Waals surface area contributed by atoms with Crippen LogP contribution >= 0.6 is 0 Å². The fraction of sp³-hybridized carbons (Fsp3) is 0.294. The van der Waals surface area contributed by atoms with Crippen LogP contribution in [0.5, 0.6) is 11.5 Å². The third-order valence-electron chi connectivity index (χ3n) is 3.13. The van der Waals surface area contributed by atoms with Crippen molar-refractivity contribution in [1.82, 2.24) is 0 Å². The summed E-state index contributed by atoms with van der Waals surface area (Å²) in [6.07, 6.45) is 0. The highest BCUT2D eigenvalue weighted by Gasteiger charge is 2.14. The molecule has 0 bridgehead atoms. The van der Waals surface area contributed by atoms with Gasteiger partial charge in [-0.15, -0.1) is 0 Å². The van der Waals surface area contributed by atoms with Gasteiger partial charge >= 0.3 is 0 Å². The van der Waals surface area contributed by atoms with Gasteiger partial charge in [0.2, 0.25) is 0 Å². The summed E-state index contributed by atoms with van der Waals surface area (Å²) in [5.74, 6) is 1.64. The zero-order chi connectivity index (χ0) is 14.0. The first kappa shape index (κ1) is 13.5. The molecular weight excluding hydrogens is 234 g/mol. The Bertz CT molecular complexity index is 582. The van der Waals surface area contributed by atoms with Gasteiger partial charge in [0.25, 0.3) is 0 Å². The van der Waals surface area contributed by atoms with E-state index in [1.807, 2.05) is 30.3 Å². The van der Waals surface area contributed by atoms with E-state index >= 15 is 0 Å². The average molecular weight is 255 g/mol. The molecule has 0 aliphatic heterocycles. The lowest BCUT2D eigenvalue weighted by Crippen LogP contribution is -2.11. The number of ether oxygens (including phenoxy) is 1. The lowest BCUT2D eigenvalue weighted by atomic mass is 9.86. The van der Waals surface area contributed by atoms with Crippen LogP contribution in [-0.2, 0) is 5.41 Å². The molecule has 2 nitrogen and oxygen atoms in total. The van der Waals surface area contributed by atoms with Crippen LogP contribution in [0, 0.1) is 6.92 Å². The maximum atomic E-state index is 5.88. The number of nitrogen functional groups attached to an aromatic ring is 1. The van der Waals surface area contributed by atoms with Crippen molar-refractivity contribution in [2.75, 3.05) is 5.73 Å². The van der Waals surface area contributed by atoms with Crippen molar-refractivity contribution in [2.45, 2.75) is 33.1 Å². The fourth-order valence-electron chi connectivity index (χ4n) is 1.94. The maximum absolute atomic E-state index is 5.88. The molecule has 0 aliphatic carbocycles. The molecule has 0 radical (unpaired) electrons. The van der Waals surface area contributed by atoms with Crippen molar-refractivity contribution in [3.63, 3.8) is 0 Å². The zero-order valence-corrected chi connectivity index (χ0v) is 12.0. The molecule has 0 saturated heterocycles. The molecule has 2 aromatic carbocycles. The van der Waals surface area contributed by atoms with Crippen molar-refractivity contribution in [2.24, 2.45) is 0 Å². The number of anilines is 1. The summed E-state index contributed by atoms with van der Waals surface area (Å²) in [5, 5.41) is 0. The average Bonchev–Trinajstić information content (AvgIpc) is 2.30. The van der Waals surface area contributed by atoms with Gasteiger partial charge in [-0.25, -0.2) is 0 Å². The van der Waals surface area contributed by atoms with Gasteiger partial charge in [-0.2, -0.15) is 0 Å². The minimum Gasteiger partial charge on any atom is -0.457 e. The lowest BCUT2D eigenvalue weighted by molar-refractivity contribution is 0.478. The van der Waals surface area contributed by atoms with Crippen molar-refractivity contribution >= 4 is 5.69 Å². The molecule has 0 saturated carbocycles. The first-order valence-corrected chi connectivity index (χ1v) is 6.51. The van der Waals surface area contributed by atoms with Crippen molar-refractivity contribution in [3.8, 4) is 11.5 Å². The Morgan fingerprint density at radius 2 is 1.74 bits per heavy atom. The molecule has 2 N–H and O–H groups in total. The third kappa shape index (κ3) is 3.28. The van der Waals surface area contributed by atoms with Crippen LogP contribution in [-0.4, -0.2) is 0 Å². The Hall–Kier alpha value is -1.96. The Kier molecular flexibility index (Phi) is 3.52. The second-order valence-corrected chi connectivity index (χ2v) is 5.90. The van der Waals surface area contributed by atoms with Crippen LogP contribution < -0.4 is 10.5 Å². The second-order valence-electron chi connectivity index (χ2n) is 5.90. The maximum Gasteiger partial charge on any atom is 0.130 e. The van der Waals surface area contributed by atoms with E-state index in [1.165, 1.54) is 5.56 Å². The van der Waals surface area contributed by atoms with Gasteiger partial charge in [0.1, 0.15) is 11.5 Å². The van der Waals surface area contributed by atoms with Crippen LogP contribution in [0.4, 0.5) is 5.69 Å². The summed E-state index contributed by atoms with van der Waals surface area (Å²) in [7, 11) is 0. The predicted octanol–water partition coefficient (Wildman–Crippen LogP) is 4.67. The zero-order valence-electron chi connectivity index (χ0n) is 12.0. The summed E-state index contributed by atoms with van der Waals surface area (Å²) < 4.78 is 5.88. The van der Waals surface area contributed by atoms with Crippen LogP contribution in [0.15, 0.2) is 42.5 Å². The normalized spacial score (nSPS) is 11.4. The summed E-state index contributed by atoms with van der Waals surface area (Å²) in [6, 6.07) is 13.8. The number of aryl methyl sites for hydroxylation is 1. The summed E-state index contributed by atoms with van der Waals surface area (Å²) in [4.78, 5) is 0. The first-order chi connectivity index (χ1) is 8.86. The highest BCUT2D eigenvalue weighted by atomic mass is 16.5. The molecule has 0 spiro atoms. The quantitative estimate of drug-likeness (QED) is 0.792. The van der Waals surface area contributed by atoms with Crippen LogP contribution in [0.3, 0.4) is 0 Å². The predicted molar refractivity (Wildman–Crippen MR) is 80.8 cm³/mol. The molecule has 0 fully saturated rings. The first-order valence-electron chi connectivity index (χ1n) is 6.51. The van der Waals surface area contributed by atoms with Gasteiger partial charge in [-0.05, 0) is 41.7 Å². The van der Waals surface area contributed by atoms with E-state index in [2.05, 4.69) is 39.8 Å². The molecule has 0 atom stereocenters. The van der Waals surface area contributed by atoms with Crippen LogP contribution in [0.1, 0.15) is 31.9 Å². The van der Waals surface area contributed by atoms with Crippen molar-refractivity contribution in [1.29, 1.82) is 0 Å². The van der Waals surface area contributed by atoms with Gasteiger partial charge in [-0.1, -0.05) is 39.0 Å². The Morgan fingerprint density at radius 3 is 2.32 bits per heavy atom. The number of hydrogen-bond donors (Lipinski definition) is 1. The monoisotopic (exact) mass is 255 g/mol. The largest absolute Gasteiger partial charge is 0.457 e. The highest BCUT2D eigenvalue weighted by molar-refractivity contribution is 5.47. The molecule has 100 valence electrons. The Morgan fingerprint density at radius 1 is 1.00 bits per heavy atom. The standard InChI is InChI=1S/C17H21NO/c1-12-10-13(17(2,3)4)8-9-16(12)19-15-7-5-6-14(18)11-15/h5-11H,18H2,1-4H3. The van der Waals surface area contributed by atoms with Gasteiger partial charge in [0, 0.05) is 11.8 Å². The van der Waals surface area contributed by atoms with E-state index in [1.54, 1.807) is 0 Å². The van der Waals surface area contributed by atoms with E-state index < -0.39 is 0 Å². The topological polar surface area (TPSA) is 35.2 Å². The SMILES string of the molecule is Cc1cc(C(C)(C)C)ccc1Oc1cccc(N)c1. The van der Waals surface area contributed by atoms with Crippen molar-refractivity contribution < 1.29 is 4.74 Å². The number of benzene rings is 2. The van der Waals surface area contributed by atoms with Gasteiger partial charge in [0.05, 0.1) is 0 Å². The molecule has 0 amide bonds. The molecule has 2 rings (SSSR count). The molecule has 0 heterocycles. The van der Waals surface area contributed by atoms with E-state index in [-0.39, 0.29) is 5.41 Å². The number of nitrogens with two attached hydrogens (primary N) is 1. The fourth-order valence-corrected chi connectivity index (χ4v) is 1.94. The molecule has 19 heavy (non-hydrogen) atoms. The number of hydrogen-bond acceptors (Lipinski definition) is 2. The smallest absolute Gasteiger partial charge is 0.130 e. The molecule has 2 aromatic rings. The molecular formula is C17H21NO. The van der Waals surface area contributed by atoms with E-state index in [4.69, 9.17) is 10.5 Å². The molecule has 0 aromatic heterocycles. The molecule has 2 heteroatoms. The Labute approximate surface area is 115 Å². The van der Waals surface area contributed by atoms with Gasteiger partial charge < -0.3 is 10.5 Å².